The van der Waals surface area contributed by atoms with E-state index in [1.54, 1.807) is 0 Å². The maximum Gasteiger partial charge on any atom is 0.416 e. The molecule has 0 unspecified atom stereocenters. The molecule has 2 rings (SSSR count). The van der Waals surface area contributed by atoms with Gasteiger partial charge in [0, 0.05) is 5.69 Å². The number of alkyl halides is 3. The number of carbonyl (C=O) groups is 1. The van der Waals surface area contributed by atoms with Gasteiger partial charge in [-0.25, -0.2) is 4.79 Å². The van der Waals surface area contributed by atoms with E-state index in [1.807, 2.05) is 0 Å². The molecular formula is C14H9ClF3NO2. The van der Waals surface area contributed by atoms with Crippen molar-refractivity contribution in [2.24, 2.45) is 0 Å². The highest BCUT2D eigenvalue weighted by atomic mass is 35.5. The van der Waals surface area contributed by atoms with Gasteiger partial charge in [-0.2, -0.15) is 13.2 Å². The molecule has 0 aliphatic carbocycles. The Morgan fingerprint density at radius 1 is 1.10 bits per heavy atom. The maximum atomic E-state index is 12.5. The smallest absolute Gasteiger partial charge is 0.416 e. The fourth-order valence-corrected chi connectivity index (χ4v) is 1.87. The lowest BCUT2D eigenvalue weighted by Gasteiger charge is -2.12. The van der Waals surface area contributed by atoms with Crippen LogP contribution >= 0.6 is 11.6 Å². The van der Waals surface area contributed by atoms with Gasteiger partial charge in [-0.15, -0.1) is 0 Å². The van der Waals surface area contributed by atoms with Gasteiger partial charge in [0.25, 0.3) is 0 Å². The predicted molar refractivity (Wildman–Crippen MR) is 73.1 cm³/mol. The van der Waals surface area contributed by atoms with Crippen LogP contribution in [0.2, 0.25) is 5.02 Å². The Bertz CT molecular complexity index is 669. The molecule has 0 saturated heterocycles. The van der Waals surface area contributed by atoms with Crippen molar-refractivity contribution in [1.29, 1.82) is 0 Å². The fourth-order valence-electron chi connectivity index (χ4n) is 1.64. The highest BCUT2D eigenvalue weighted by Crippen LogP contribution is 2.34. The second kappa shape index (κ2) is 5.65. The zero-order valence-corrected chi connectivity index (χ0v) is 11.2. The third-order valence-corrected chi connectivity index (χ3v) is 3.02. The van der Waals surface area contributed by atoms with Crippen molar-refractivity contribution >= 4 is 28.9 Å². The van der Waals surface area contributed by atoms with Crippen LogP contribution in [0.25, 0.3) is 0 Å². The number of anilines is 2. The van der Waals surface area contributed by atoms with E-state index in [2.05, 4.69) is 5.32 Å². The molecule has 0 saturated carbocycles. The molecule has 7 heteroatoms. The molecule has 0 fully saturated rings. The number of benzene rings is 2. The molecule has 0 bridgehead atoms. The standard InChI is InChI=1S/C14H9ClF3NO2/c15-11-7-9(14(16,17)18)3-6-12(11)19-10-4-1-8(2-5-10)13(20)21/h1-7,19H,(H,20,21). The average Bonchev–Trinajstić information content (AvgIpc) is 2.40. The van der Waals surface area contributed by atoms with Crippen molar-refractivity contribution in [3.05, 3.63) is 58.6 Å². The Morgan fingerprint density at radius 3 is 2.19 bits per heavy atom. The quantitative estimate of drug-likeness (QED) is 0.855. The zero-order chi connectivity index (χ0) is 15.6. The van der Waals surface area contributed by atoms with Crippen molar-refractivity contribution in [1.82, 2.24) is 0 Å². The van der Waals surface area contributed by atoms with Crippen LogP contribution in [0.1, 0.15) is 15.9 Å². The van der Waals surface area contributed by atoms with Crippen LogP contribution in [0.4, 0.5) is 24.5 Å². The van der Waals surface area contributed by atoms with E-state index in [4.69, 9.17) is 16.7 Å². The first kappa shape index (κ1) is 15.2. The number of carboxylic acids is 1. The van der Waals surface area contributed by atoms with Gasteiger partial charge >= 0.3 is 12.1 Å². The van der Waals surface area contributed by atoms with Gasteiger partial charge in [0.05, 0.1) is 21.8 Å². The molecule has 3 nitrogen and oxygen atoms in total. The summed E-state index contributed by atoms with van der Waals surface area (Å²) in [6.07, 6.45) is -4.45. The summed E-state index contributed by atoms with van der Waals surface area (Å²) in [4.78, 5) is 10.7. The second-order valence-electron chi connectivity index (χ2n) is 4.20. The number of hydrogen-bond donors (Lipinski definition) is 2. The highest BCUT2D eigenvalue weighted by Gasteiger charge is 2.30. The summed E-state index contributed by atoms with van der Waals surface area (Å²) in [7, 11) is 0. The first-order valence-electron chi connectivity index (χ1n) is 5.74. The molecule has 0 atom stereocenters. The van der Waals surface area contributed by atoms with Gasteiger partial charge in [0.2, 0.25) is 0 Å². The molecular weight excluding hydrogens is 307 g/mol. The summed E-state index contributed by atoms with van der Waals surface area (Å²) in [5, 5.41) is 11.5. The van der Waals surface area contributed by atoms with Crippen molar-refractivity contribution in [2.45, 2.75) is 6.18 Å². The number of rotatable bonds is 3. The Balaban J connectivity index is 2.22. The van der Waals surface area contributed by atoms with E-state index in [9.17, 15) is 18.0 Å². The first-order chi connectivity index (χ1) is 9.77. The van der Waals surface area contributed by atoms with Crippen LogP contribution in [0.5, 0.6) is 0 Å². The van der Waals surface area contributed by atoms with Crippen LogP contribution < -0.4 is 5.32 Å². The number of carboxylic acid groups (broad SMARTS) is 1. The molecule has 0 aliphatic heterocycles. The van der Waals surface area contributed by atoms with Crippen molar-refractivity contribution in [3.8, 4) is 0 Å². The van der Waals surface area contributed by atoms with Gasteiger partial charge < -0.3 is 10.4 Å². The highest BCUT2D eigenvalue weighted by molar-refractivity contribution is 6.33. The van der Waals surface area contributed by atoms with Gasteiger partial charge in [-0.1, -0.05) is 11.6 Å². The lowest BCUT2D eigenvalue weighted by Crippen LogP contribution is -2.05. The number of halogens is 4. The third kappa shape index (κ3) is 3.66. The second-order valence-corrected chi connectivity index (χ2v) is 4.61. The molecule has 0 amide bonds. The Morgan fingerprint density at radius 2 is 1.71 bits per heavy atom. The van der Waals surface area contributed by atoms with Crippen LogP contribution in [0.15, 0.2) is 42.5 Å². The number of nitrogens with one attached hydrogen (secondary N) is 1. The predicted octanol–water partition coefficient (Wildman–Crippen LogP) is 4.80. The van der Waals surface area contributed by atoms with Crippen molar-refractivity contribution in [3.63, 3.8) is 0 Å². The molecule has 2 aromatic carbocycles. The van der Waals surface area contributed by atoms with E-state index in [-0.39, 0.29) is 10.6 Å². The van der Waals surface area contributed by atoms with E-state index in [1.165, 1.54) is 30.3 Å². The van der Waals surface area contributed by atoms with Crippen LogP contribution in [-0.2, 0) is 6.18 Å². The molecule has 0 aliphatic rings. The Kier molecular flexibility index (Phi) is 4.09. The van der Waals surface area contributed by atoms with Crippen molar-refractivity contribution in [2.75, 3.05) is 5.32 Å². The van der Waals surface area contributed by atoms with Crippen LogP contribution in [-0.4, -0.2) is 11.1 Å². The fraction of sp³-hybridized carbons (Fsp3) is 0.0714. The monoisotopic (exact) mass is 315 g/mol. The molecule has 110 valence electrons. The van der Waals surface area contributed by atoms with E-state index < -0.39 is 17.7 Å². The summed E-state index contributed by atoms with van der Waals surface area (Å²) in [6.45, 7) is 0. The number of hydrogen-bond acceptors (Lipinski definition) is 2. The van der Waals surface area contributed by atoms with Crippen LogP contribution in [0, 0.1) is 0 Å². The van der Waals surface area contributed by atoms with E-state index >= 15 is 0 Å². The van der Waals surface area contributed by atoms with E-state index in [0.29, 0.717) is 11.4 Å². The third-order valence-electron chi connectivity index (χ3n) is 2.71. The maximum absolute atomic E-state index is 12.5. The van der Waals surface area contributed by atoms with Crippen molar-refractivity contribution < 1.29 is 23.1 Å². The summed E-state index contributed by atoms with van der Waals surface area (Å²) < 4.78 is 37.5. The normalized spacial score (nSPS) is 11.2. The average molecular weight is 316 g/mol. The first-order valence-corrected chi connectivity index (χ1v) is 6.12. The molecule has 21 heavy (non-hydrogen) atoms. The van der Waals surface area contributed by atoms with Crippen LogP contribution in [0.3, 0.4) is 0 Å². The van der Waals surface area contributed by atoms with Gasteiger partial charge in [-0.3, -0.25) is 0 Å². The minimum atomic E-state index is -4.45. The van der Waals surface area contributed by atoms with E-state index in [0.717, 1.165) is 12.1 Å². The van der Waals surface area contributed by atoms with Gasteiger partial charge in [0.15, 0.2) is 0 Å². The molecule has 0 radical (unpaired) electrons. The zero-order valence-electron chi connectivity index (χ0n) is 10.4. The Hall–Kier alpha value is -2.21. The largest absolute Gasteiger partial charge is 0.478 e. The molecule has 2 N–H and O–H groups in total. The summed E-state index contributed by atoms with van der Waals surface area (Å²) in [6, 6.07) is 8.71. The SMILES string of the molecule is O=C(O)c1ccc(Nc2ccc(C(F)(F)F)cc2Cl)cc1. The molecule has 0 aromatic heterocycles. The summed E-state index contributed by atoms with van der Waals surface area (Å²) in [5.74, 6) is -1.06. The molecule has 0 spiro atoms. The lowest BCUT2D eigenvalue weighted by molar-refractivity contribution is -0.137. The number of aromatic carboxylic acids is 1. The molecule has 2 aromatic rings. The topological polar surface area (TPSA) is 49.3 Å². The summed E-state index contributed by atoms with van der Waals surface area (Å²) >= 11 is 5.81. The van der Waals surface area contributed by atoms with Gasteiger partial charge in [-0.05, 0) is 42.5 Å². The molecule has 0 heterocycles. The minimum absolute atomic E-state index is 0.0767. The van der Waals surface area contributed by atoms with Gasteiger partial charge in [0.1, 0.15) is 0 Å². The lowest BCUT2D eigenvalue weighted by atomic mass is 10.1. The minimum Gasteiger partial charge on any atom is -0.478 e. The summed E-state index contributed by atoms with van der Waals surface area (Å²) in [5.41, 5.74) is 0.0905. The Labute approximate surface area is 123 Å².